The Kier molecular flexibility index (Phi) is 8.22. The molecule has 0 saturated carbocycles. The number of ether oxygens (including phenoxy) is 1. The van der Waals surface area contributed by atoms with Crippen molar-refractivity contribution in [3.05, 3.63) is 88.2 Å². The molecule has 1 heterocycles. The van der Waals surface area contributed by atoms with Gasteiger partial charge in [0.1, 0.15) is 5.75 Å². The average molecular weight is 569 g/mol. The van der Waals surface area contributed by atoms with Crippen LogP contribution in [-0.2, 0) is 4.79 Å². The summed E-state index contributed by atoms with van der Waals surface area (Å²) in [5, 5.41) is 7.94. The number of nitrogens with zero attached hydrogens (tertiary/aromatic N) is 1. The highest BCUT2D eigenvalue weighted by atomic mass is 79.9. The van der Waals surface area contributed by atoms with Crippen molar-refractivity contribution in [1.29, 1.82) is 0 Å². The Labute approximate surface area is 220 Å². The topological polar surface area (TPSA) is 80.3 Å². The van der Waals surface area contributed by atoms with Crippen LogP contribution in [0, 0.1) is 0 Å². The Bertz CT molecular complexity index is 1310. The highest BCUT2D eigenvalue weighted by Gasteiger charge is 2.17. The Morgan fingerprint density at radius 3 is 2.31 bits per heavy atom. The second-order valence-electron chi connectivity index (χ2n) is 7.50. The molecule has 35 heavy (non-hydrogen) atoms. The van der Waals surface area contributed by atoms with Gasteiger partial charge in [0.05, 0.1) is 18.1 Å². The number of anilines is 2. The number of amides is 2. The maximum absolute atomic E-state index is 12.7. The van der Waals surface area contributed by atoms with Gasteiger partial charge < -0.3 is 15.4 Å². The molecule has 0 saturated heterocycles. The van der Waals surface area contributed by atoms with Gasteiger partial charge in [-0.2, -0.15) is 0 Å². The number of benzene rings is 3. The number of carbonyl (C=O) groups excluding carboxylic acids is 2. The van der Waals surface area contributed by atoms with Gasteiger partial charge in [0.15, 0.2) is 5.13 Å². The van der Waals surface area contributed by atoms with Crippen LogP contribution in [0.15, 0.2) is 87.5 Å². The Morgan fingerprint density at radius 1 is 0.971 bits per heavy atom. The molecule has 1 unspecified atom stereocenters. The smallest absolute Gasteiger partial charge is 0.255 e. The summed E-state index contributed by atoms with van der Waals surface area (Å²) in [6.07, 6.45) is 0. The minimum Gasteiger partial charge on any atom is -0.497 e. The van der Waals surface area contributed by atoms with Crippen molar-refractivity contribution in [2.75, 3.05) is 17.7 Å². The first-order valence-corrected chi connectivity index (χ1v) is 13.2. The van der Waals surface area contributed by atoms with E-state index in [2.05, 4.69) is 31.5 Å². The van der Waals surface area contributed by atoms with Crippen LogP contribution in [0.5, 0.6) is 5.75 Å². The average Bonchev–Trinajstić information content (AvgIpc) is 3.34. The summed E-state index contributed by atoms with van der Waals surface area (Å²) in [5.74, 6) is 0.372. The van der Waals surface area contributed by atoms with E-state index >= 15 is 0 Å². The summed E-state index contributed by atoms with van der Waals surface area (Å²) >= 11 is 6.26. The fourth-order valence-electron chi connectivity index (χ4n) is 3.11. The van der Waals surface area contributed by atoms with Crippen molar-refractivity contribution in [2.24, 2.45) is 0 Å². The van der Waals surface area contributed by atoms with Gasteiger partial charge in [-0.15, -0.1) is 23.1 Å². The molecule has 6 nitrogen and oxygen atoms in total. The first kappa shape index (κ1) is 25.0. The molecule has 2 N–H and O–H groups in total. The second-order valence-corrected chi connectivity index (χ2v) is 10.7. The molecule has 1 aromatic heterocycles. The number of hydrogen-bond acceptors (Lipinski definition) is 6. The number of thiazole rings is 1. The molecular formula is C26H22BrN3O3S2. The van der Waals surface area contributed by atoms with E-state index in [1.54, 1.807) is 31.4 Å². The number of nitrogens with one attached hydrogen (secondary N) is 2. The van der Waals surface area contributed by atoms with Crippen LogP contribution < -0.4 is 15.4 Å². The summed E-state index contributed by atoms with van der Waals surface area (Å²) < 4.78 is 6.12. The highest BCUT2D eigenvalue weighted by Crippen LogP contribution is 2.29. The highest BCUT2D eigenvalue weighted by molar-refractivity contribution is 9.10. The van der Waals surface area contributed by atoms with Crippen LogP contribution in [0.3, 0.4) is 0 Å². The maximum atomic E-state index is 12.7. The summed E-state index contributed by atoms with van der Waals surface area (Å²) in [6.45, 7) is 1.85. The molecule has 178 valence electrons. The number of thioether (sulfide) groups is 1. The van der Waals surface area contributed by atoms with Crippen molar-refractivity contribution in [1.82, 2.24) is 4.98 Å². The van der Waals surface area contributed by atoms with Crippen molar-refractivity contribution < 1.29 is 14.3 Å². The standard InChI is InChI=1S/C26H22BrN3O3S2/c1-16(24(31)30-26-29-23(15-34-26)17-3-7-19(27)8-4-17)35-22-13-9-20(10-14-22)28-25(32)18-5-11-21(33-2)12-6-18/h3-16H,1-2H3,(H,28,32)(H,29,30,31). The SMILES string of the molecule is COc1ccc(C(=O)Nc2ccc(SC(C)C(=O)Nc3nc(-c4ccc(Br)cc4)cs3)cc2)cc1. The zero-order valence-corrected chi connectivity index (χ0v) is 22.2. The predicted molar refractivity (Wildman–Crippen MR) is 147 cm³/mol. The molecule has 0 aliphatic heterocycles. The fourth-order valence-corrected chi connectivity index (χ4v) is 4.97. The molecule has 2 amide bonds. The lowest BCUT2D eigenvalue weighted by molar-refractivity contribution is -0.115. The van der Waals surface area contributed by atoms with Crippen LogP contribution in [0.4, 0.5) is 10.8 Å². The maximum Gasteiger partial charge on any atom is 0.255 e. The van der Waals surface area contributed by atoms with Crippen LogP contribution in [0.25, 0.3) is 11.3 Å². The van der Waals surface area contributed by atoms with Crippen LogP contribution >= 0.6 is 39.0 Å². The molecular weight excluding hydrogens is 546 g/mol. The van der Waals surface area contributed by atoms with E-state index < -0.39 is 0 Å². The summed E-state index contributed by atoms with van der Waals surface area (Å²) in [7, 11) is 1.58. The number of methoxy groups -OCH3 is 1. The van der Waals surface area contributed by atoms with Gasteiger partial charge in [-0.1, -0.05) is 28.1 Å². The first-order valence-electron chi connectivity index (χ1n) is 10.7. The van der Waals surface area contributed by atoms with Crippen molar-refractivity contribution in [3.8, 4) is 17.0 Å². The Balaban J connectivity index is 1.30. The third-order valence-electron chi connectivity index (χ3n) is 5.02. The third kappa shape index (κ3) is 6.72. The molecule has 0 aliphatic rings. The van der Waals surface area contributed by atoms with Crippen LogP contribution in [0.2, 0.25) is 0 Å². The van der Waals surface area contributed by atoms with Gasteiger partial charge in [0, 0.05) is 31.6 Å². The van der Waals surface area contributed by atoms with Crippen molar-refractivity contribution in [2.45, 2.75) is 17.1 Å². The fraction of sp³-hybridized carbons (Fsp3) is 0.115. The quantitative estimate of drug-likeness (QED) is 0.225. The lowest BCUT2D eigenvalue weighted by atomic mass is 10.2. The second kappa shape index (κ2) is 11.5. The van der Waals surface area contributed by atoms with Gasteiger partial charge in [-0.25, -0.2) is 4.98 Å². The van der Waals surface area contributed by atoms with Crippen LogP contribution in [0.1, 0.15) is 17.3 Å². The number of carbonyl (C=O) groups is 2. The molecule has 4 aromatic rings. The van der Waals surface area contributed by atoms with Gasteiger partial charge >= 0.3 is 0 Å². The molecule has 0 aliphatic carbocycles. The molecule has 9 heteroatoms. The zero-order valence-electron chi connectivity index (χ0n) is 18.9. The van der Waals surface area contributed by atoms with E-state index in [-0.39, 0.29) is 17.1 Å². The number of hydrogen-bond donors (Lipinski definition) is 2. The van der Waals surface area contributed by atoms with Gasteiger partial charge in [-0.3, -0.25) is 9.59 Å². The zero-order chi connectivity index (χ0) is 24.8. The number of rotatable bonds is 8. The van der Waals surface area contributed by atoms with E-state index in [0.29, 0.717) is 22.1 Å². The monoisotopic (exact) mass is 567 g/mol. The molecule has 0 bridgehead atoms. The number of aromatic nitrogens is 1. The minimum atomic E-state index is -0.324. The van der Waals surface area contributed by atoms with E-state index in [0.717, 1.165) is 20.6 Å². The van der Waals surface area contributed by atoms with Gasteiger partial charge in [0.2, 0.25) is 5.91 Å². The van der Waals surface area contributed by atoms with E-state index in [1.165, 1.54) is 23.1 Å². The lowest BCUT2D eigenvalue weighted by Crippen LogP contribution is -2.22. The third-order valence-corrected chi connectivity index (χ3v) is 7.42. The lowest BCUT2D eigenvalue weighted by Gasteiger charge is -2.11. The van der Waals surface area contributed by atoms with Gasteiger partial charge in [0.25, 0.3) is 5.91 Å². The molecule has 4 rings (SSSR count). The molecule has 0 radical (unpaired) electrons. The largest absolute Gasteiger partial charge is 0.497 e. The molecule has 0 spiro atoms. The Morgan fingerprint density at radius 2 is 1.66 bits per heavy atom. The normalized spacial score (nSPS) is 11.5. The van der Waals surface area contributed by atoms with Crippen molar-refractivity contribution >= 4 is 61.7 Å². The van der Waals surface area contributed by atoms with Crippen molar-refractivity contribution in [3.63, 3.8) is 0 Å². The van der Waals surface area contributed by atoms with Gasteiger partial charge in [-0.05, 0) is 67.6 Å². The van der Waals surface area contributed by atoms with E-state index in [1.807, 2.05) is 60.8 Å². The summed E-state index contributed by atoms with van der Waals surface area (Å²) in [4.78, 5) is 30.6. The first-order chi connectivity index (χ1) is 16.9. The summed E-state index contributed by atoms with van der Waals surface area (Å²) in [5.41, 5.74) is 3.03. The number of halogens is 1. The molecule has 0 fully saturated rings. The van der Waals surface area contributed by atoms with Crippen LogP contribution in [-0.4, -0.2) is 29.2 Å². The minimum absolute atomic E-state index is 0.122. The Hall–Kier alpha value is -3.14. The predicted octanol–water partition coefficient (Wildman–Crippen LogP) is 6.95. The summed E-state index contributed by atoms with van der Waals surface area (Å²) in [6, 6.07) is 22.2. The molecule has 3 aromatic carbocycles. The molecule has 1 atom stereocenters. The van der Waals surface area contributed by atoms with E-state index in [4.69, 9.17) is 4.74 Å². The van der Waals surface area contributed by atoms with E-state index in [9.17, 15) is 9.59 Å².